The summed E-state index contributed by atoms with van der Waals surface area (Å²) < 4.78 is 5.33. The van der Waals surface area contributed by atoms with Gasteiger partial charge in [0.25, 0.3) is 0 Å². The molecule has 1 rings (SSSR count). The summed E-state index contributed by atoms with van der Waals surface area (Å²) in [7, 11) is 0. The maximum absolute atomic E-state index is 5.33. The lowest BCUT2D eigenvalue weighted by atomic mass is 10.2. The van der Waals surface area contributed by atoms with Crippen LogP contribution in [0.1, 0.15) is 25.8 Å². The van der Waals surface area contributed by atoms with Crippen LogP contribution in [0.4, 0.5) is 0 Å². The first-order chi connectivity index (χ1) is 8.36. The second-order valence-electron chi connectivity index (χ2n) is 3.87. The lowest BCUT2D eigenvalue weighted by Crippen LogP contribution is -2.13. The van der Waals surface area contributed by atoms with Crippen LogP contribution in [0.15, 0.2) is 29.2 Å². The fraction of sp³-hybridized carbons (Fsp3) is 0.571. The predicted molar refractivity (Wildman–Crippen MR) is 75.7 cm³/mol. The SMILES string of the molecule is CCCNCc1cccc(SCCOCC)c1. The summed E-state index contributed by atoms with van der Waals surface area (Å²) in [5, 5.41) is 3.42. The van der Waals surface area contributed by atoms with Crippen molar-refractivity contribution in [1.82, 2.24) is 5.32 Å². The molecule has 0 saturated heterocycles. The minimum Gasteiger partial charge on any atom is -0.381 e. The first-order valence-corrected chi connectivity index (χ1v) is 7.35. The largest absolute Gasteiger partial charge is 0.381 e. The van der Waals surface area contributed by atoms with Crippen LogP contribution in [0.3, 0.4) is 0 Å². The molecule has 0 aliphatic rings. The van der Waals surface area contributed by atoms with Gasteiger partial charge in [-0.15, -0.1) is 11.8 Å². The van der Waals surface area contributed by atoms with Crippen molar-refractivity contribution in [2.75, 3.05) is 25.5 Å². The lowest BCUT2D eigenvalue weighted by Gasteiger charge is -2.06. The van der Waals surface area contributed by atoms with E-state index in [2.05, 4.69) is 36.5 Å². The lowest BCUT2D eigenvalue weighted by molar-refractivity contribution is 0.164. The number of nitrogens with one attached hydrogen (secondary N) is 1. The quantitative estimate of drug-likeness (QED) is 0.539. The standard InChI is InChI=1S/C14H23NOS/c1-3-8-15-12-13-6-5-7-14(11-13)17-10-9-16-4-2/h5-7,11,15H,3-4,8-10,12H2,1-2H3. The van der Waals surface area contributed by atoms with Gasteiger partial charge in [-0.1, -0.05) is 19.1 Å². The Morgan fingerprint density at radius 1 is 1.29 bits per heavy atom. The predicted octanol–water partition coefficient (Wildman–Crippen LogP) is 3.31. The molecule has 0 aliphatic carbocycles. The van der Waals surface area contributed by atoms with E-state index in [0.29, 0.717) is 0 Å². The van der Waals surface area contributed by atoms with Crippen LogP contribution < -0.4 is 5.32 Å². The fourth-order valence-corrected chi connectivity index (χ4v) is 2.36. The molecule has 0 bridgehead atoms. The highest BCUT2D eigenvalue weighted by atomic mass is 32.2. The number of hydrogen-bond donors (Lipinski definition) is 1. The Hall–Kier alpha value is -0.510. The zero-order valence-corrected chi connectivity index (χ0v) is 11.7. The second kappa shape index (κ2) is 9.51. The van der Waals surface area contributed by atoms with Gasteiger partial charge in [0.2, 0.25) is 0 Å². The molecule has 0 atom stereocenters. The minimum atomic E-state index is 0.807. The van der Waals surface area contributed by atoms with Gasteiger partial charge in [-0.25, -0.2) is 0 Å². The van der Waals surface area contributed by atoms with E-state index >= 15 is 0 Å². The monoisotopic (exact) mass is 253 g/mol. The molecule has 1 aromatic carbocycles. The van der Waals surface area contributed by atoms with E-state index in [0.717, 1.165) is 32.1 Å². The van der Waals surface area contributed by atoms with E-state index in [4.69, 9.17) is 4.74 Å². The van der Waals surface area contributed by atoms with Crippen LogP contribution in [0, 0.1) is 0 Å². The summed E-state index contributed by atoms with van der Waals surface area (Å²) in [6, 6.07) is 8.74. The molecule has 0 aromatic heterocycles. The Morgan fingerprint density at radius 2 is 2.18 bits per heavy atom. The number of ether oxygens (including phenoxy) is 1. The third kappa shape index (κ3) is 6.71. The molecule has 0 aliphatic heterocycles. The highest BCUT2D eigenvalue weighted by molar-refractivity contribution is 7.99. The molecular formula is C14H23NOS. The van der Waals surface area contributed by atoms with Gasteiger partial charge in [0.05, 0.1) is 6.61 Å². The van der Waals surface area contributed by atoms with Crippen molar-refractivity contribution < 1.29 is 4.74 Å². The average molecular weight is 253 g/mol. The third-order valence-corrected chi connectivity index (χ3v) is 3.31. The Balaban J connectivity index is 2.31. The van der Waals surface area contributed by atoms with E-state index in [1.54, 1.807) is 0 Å². The molecule has 96 valence electrons. The van der Waals surface area contributed by atoms with Gasteiger partial charge in [-0.3, -0.25) is 0 Å². The van der Waals surface area contributed by atoms with Crippen molar-refractivity contribution in [1.29, 1.82) is 0 Å². The molecule has 0 fully saturated rings. The molecule has 17 heavy (non-hydrogen) atoms. The van der Waals surface area contributed by atoms with E-state index < -0.39 is 0 Å². The summed E-state index contributed by atoms with van der Waals surface area (Å²) in [6.45, 7) is 7.91. The van der Waals surface area contributed by atoms with Crippen LogP contribution in [0.2, 0.25) is 0 Å². The van der Waals surface area contributed by atoms with Crippen LogP contribution >= 0.6 is 11.8 Å². The van der Waals surface area contributed by atoms with Gasteiger partial charge in [-0.05, 0) is 37.6 Å². The van der Waals surface area contributed by atoms with Crippen molar-refractivity contribution in [3.05, 3.63) is 29.8 Å². The van der Waals surface area contributed by atoms with E-state index in [1.807, 2.05) is 18.7 Å². The molecule has 3 heteroatoms. The number of benzene rings is 1. The van der Waals surface area contributed by atoms with Gasteiger partial charge in [0.1, 0.15) is 0 Å². The number of thioether (sulfide) groups is 1. The average Bonchev–Trinajstić information content (AvgIpc) is 2.36. The van der Waals surface area contributed by atoms with Gasteiger partial charge in [0.15, 0.2) is 0 Å². The van der Waals surface area contributed by atoms with Crippen LogP contribution in [0.25, 0.3) is 0 Å². The third-order valence-electron chi connectivity index (χ3n) is 2.35. The molecule has 0 amide bonds. The maximum Gasteiger partial charge on any atom is 0.0560 e. The van der Waals surface area contributed by atoms with Gasteiger partial charge < -0.3 is 10.1 Å². The first-order valence-electron chi connectivity index (χ1n) is 6.37. The normalized spacial score (nSPS) is 10.7. The Labute approximate surface area is 109 Å². The van der Waals surface area contributed by atoms with Crippen LogP contribution in [-0.4, -0.2) is 25.5 Å². The molecule has 0 heterocycles. The van der Waals surface area contributed by atoms with Gasteiger partial charge >= 0.3 is 0 Å². The molecule has 1 N–H and O–H groups in total. The molecule has 0 spiro atoms. The van der Waals surface area contributed by atoms with E-state index in [9.17, 15) is 0 Å². The summed E-state index contributed by atoms with van der Waals surface area (Å²) >= 11 is 1.86. The molecule has 2 nitrogen and oxygen atoms in total. The Bertz CT molecular complexity index is 304. The highest BCUT2D eigenvalue weighted by Gasteiger charge is 1.97. The van der Waals surface area contributed by atoms with Crippen molar-refractivity contribution in [2.45, 2.75) is 31.7 Å². The Kier molecular flexibility index (Phi) is 8.14. The van der Waals surface area contributed by atoms with Crippen LogP contribution in [0.5, 0.6) is 0 Å². The summed E-state index contributed by atoms with van der Waals surface area (Å²) in [6.07, 6.45) is 1.18. The molecule has 0 radical (unpaired) electrons. The molecule has 1 aromatic rings. The smallest absolute Gasteiger partial charge is 0.0560 e. The van der Waals surface area contributed by atoms with Crippen molar-refractivity contribution in [3.63, 3.8) is 0 Å². The second-order valence-corrected chi connectivity index (χ2v) is 5.04. The molecule has 0 unspecified atom stereocenters. The minimum absolute atomic E-state index is 0.807. The molecular weight excluding hydrogens is 230 g/mol. The van der Waals surface area contributed by atoms with Crippen molar-refractivity contribution in [3.8, 4) is 0 Å². The van der Waals surface area contributed by atoms with Crippen molar-refractivity contribution >= 4 is 11.8 Å². The topological polar surface area (TPSA) is 21.3 Å². The highest BCUT2D eigenvalue weighted by Crippen LogP contribution is 2.18. The van der Waals surface area contributed by atoms with Crippen LogP contribution in [-0.2, 0) is 11.3 Å². The zero-order chi connectivity index (χ0) is 12.3. The summed E-state index contributed by atoms with van der Waals surface area (Å²) in [5.74, 6) is 1.03. The number of hydrogen-bond acceptors (Lipinski definition) is 3. The summed E-state index contributed by atoms with van der Waals surface area (Å²) in [5.41, 5.74) is 1.36. The van der Waals surface area contributed by atoms with Gasteiger partial charge in [-0.2, -0.15) is 0 Å². The Morgan fingerprint density at radius 3 is 2.94 bits per heavy atom. The first kappa shape index (κ1) is 14.6. The molecule has 0 saturated carbocycles. The van der Waals surface area contributed by atoms with Crippen molar-refractivity contribution in [2.24, 2.45) is 0 Å². The number of rotatable bonds is 9. The summed E-state index contributed by atoms with van der Waals surface area (Å²) in [4.78, 5) is 1.33. The van der Waals surface area contributed by atoms with E-state index in [1.165, 1.54) is 16.9 Å². The fourth-order valence-electron chi connectivity index (χ4n) is 1.52. The van der Waals surface area contributed by atoms with Gasteiger partial charge in [0, 0.05) is 23.8 Å². The zero-order valence-electron chi connectivity index (χ0n) is 10.9. The van der Waals surface area contributed by atoms with E-state index in [-0.39, 0.29) is 0 Å². The maximum atomic E-state index is 5.33.